The van der Waals surface area contributed by atoms with E-state index in [9.17, 15) is 9.90 Å². The fourth-order valence-corrected chi connectivity index (χ4v) is 3.21. The normalized spacial score (nSPS) is 17.9. The lowest BCUT2D eigenvalue weighted by molar-refractivity contribution is -0.143. The average Bonchev–Trinajstić information content (AvgIpc) is 2.82. The number of methoxy groups -OCH3 is 1. The minimum Gasteiger partial charge on any atom is -0.481 e. The molecule has 1 aliphatic carbocycles. The van der Waals surface area contributed by atoms with Gasteiger partial charge in [0.05, 0.1) is 12.0 Å². The molecule has 18 heavy (non-hydrogen) atoms. The summed E-state index contributed by atoms with van der Waals surface area (Å²) in [5, 5.41) is 9.64. The highest BCUT2D eigenvalue weighted by Gasteiger charge is 2.44. The Balaban J connectivity index is 2.52. The van der Waals surface area contributed by atoms with Crippen LogP contribution in [0.3, 0.4) is 0 Å². The number of hydrogen-bond donors (Lipinski definition) is 1. The van der Waals surface area contributed by atoms with Crippen molar-refractivity contribution in [1.29, 1.82) is 0 Å². The summed E-state index contributed by atoms with van der Waals surface area (Å²) >= 11 is 3.43. The first-order valence-corrected chi connectivity index (χ1v) is 6.91. The Bertz CT molecular complexity index is 450. The summed E-state index contributed by atoms with van der Waals surface area (Å²) in [6, 6.07) is 5.82. The average molecular weight is 313 g/mol. The van der Waals surface area contributed by atoms with Gasteiger partial charge in [0.1, 0.15) is 0 Å². The van der Waals surface area contributed by atoms with Crippen LogP contribution in [0.4, 0.5) is 0 Å². The number of rotatable bonds is 4. The molecule has 1 aromatic carbocycles. The lowest BCUT2D eigenvalue weighted by Crippen LogP contribution is -2.33. The van der Waals surface area contributed by atoms with Crippen LogP contribution in [-0.2, 0) is 21.6 Å². The summed E-state index contributed by atoms with van der Waals surface area (Å²) in [6.45, 7) is 0.456. The van der Waals surface area contributed by atoms with Crippen LogP contribution in [0.15, 0.2) is 22.7 Å². The molecule has 0 heterocycles. The van der Waals surface area contributed by atoms with E-state index >= 15 is 0 Å². The zero-order chi connectivity index (χ0) is 13.2. The fraction of sp³-hybridized carbons (Fsp3) is 0.500. The number of halogens is 1. The van der Waals surface area contributed by atoms with E-state index in [1.807, 2.05) is 18.2 Å². The molecule has 98 valence electrons. The van der Waals surface area contributed by atoms with Crippen molar-refractivity contribution >= 4 is 21.9 Å². The van der Waals surface area contributed by atoms with Crippen molar-refractivity contribution in [2.24, 2.45) is 0 Å². The third-order valence-electron chi connectivity index (χ3n) is 3.75. The first-order valence-electron chi connectivity index (χ1n) is 6.11. The summed E-state index contributed by atoms with van der Waals surface area (Å²) in [6.07, 6.45) is 3.39. The number of ether oxygens (including phenoxy) is 1. The van der Waals surface area contributed by atoms with E-state index in [2.05, 4.69) is 15.9 Å². The summed E-state index contributed by atoms with van der Waals surface area (Å²) in [4.78, 5) is 11.7. The number of carboxylic acids is 1. The molecular formula is C14H17BrO3. The molecule has 0 atom stereocenters. The highest BCUT2D eigenvalue weighted by Crippen LogP contribution is 2.43. The van der Waals surface area contributed by atoms with Crippen molar-refractivity contribution in [2.75, 3.05) is 7.11 Å². The number of carboxylic acid groups (broad SMARTS) is 1. The smallest absolute Gasteiger partial charge is 0.314 e. The molecule has 3 nitrogen and oxygen atoms in total. The summed E-state index contributed by atoms with van der Waals surface area (Å²) < 4.78 is 6.11. The molecule has 0 radical (unpaired) electrons. The Morgan fingerprint density at radius 1 is 1.44 bits per heavy atom. The Kier molecular flexibility index (Phi) is 4.07. The van der Waals surface area contributed by atoms with Gasteiger partial charge in [-0.2, -0.15) is 0 Å². The Labute approximate surface area is 115 Å². The van der Waals surface area contributed by atoms with E-state index in [0.29, 0.717) is 6.61 Å². The molecule has 0 saturated heterocycles. The molecular weight excluding hydrogens is 296 g/mol. The first-order chi connectivity index (χ1) is 8.60. The van der Waals surface area contributed by atoms with Gasteiger partial charge in [-0.1, -0.05) is 34.8 Å². The lowest BCUT2D eigenvalue weighted by Gasteiger charge is -2.27. The van der Waals surface area contributed by atoms with Gasteiger partial charge in [-0.15, -0.1) is 0 Å². The molecule has 1 N–H and O–H groups in total. The van der Waals surface area contributed by atoms with Crippen molar-refractivity contribution in [3.05, 3.63) is 33.8 Å². The zero-order valence-corrected chi connectivity index (χ0v) is 12.0. The Hall–Kier alpha value is -0.870. The van der Waals surface area contributed by atoms with Crippen molar-refractivity contribution < 1.29 is 14.6 Å². The molecule has 0 bridgehead atoms. The maximum Gasteiger partial charge on any atom is 0.314 e. The largest absolute Gasteiger partial charge is 0.481 e. The second kappa shape index (κ2) is 5.41. The minimum atomic E-state index is -0.725. The van der Waals surface area contributed by atoms with Crippen LogP contribution in [-0.4, -0.2) is 18.2 Å². The van der Waals surface area contributed by atoms with Gasteiger partial charge >= 0.3 is 5.97 Å². The van der Waals surface area contributed by atoms with Gasteiger partial charge in [0.2, 0.25) is 0 Å². The summed E-state index contributed by atoms with van der Waals surface area (Å²) in [5.74, 6) is -0.713. The third kappa shape index (κ3) is 2.31. The van der Waals surface area contributed by atoms with E-state index in [0.717, 1.165) is 41.3 Å². The fourth-order valence-electron chi connectivity index (χ4n) is 2.85. The standard InChI is InChI=1S/C14H17BrO3/c1-18-9-10-4-5-11(15)8-12(10)14(13(16)17)6-2-3-7-14/h4-5,8H,2-3,6-7,9H2,1H3,(H,16,17). The zero-order valence-electron chi connectivity index (χ0n) is 10.4. The van der Waals surface area contributed by atoms with Crippen LogP contribution in [0.5, 0.6) is 0 Å². The molecule has 1 fully saturated rings. The van der Waals surface area contributed by atoms with Gasteiger partial charge in [0.15, 0.2) is 0 Å². The van der Waals surface area contributed by atoms with E-state index in [1.165, 1.54) is 0 Å². The summed E-state index contributed by atoms with van der Waals surface area (Å²) in [5.41, 5.74) is 1.16. The van der Waals surface area contributed by atoms with Crippen molar-refractivity contribution in [3.63, 3.8) is 0 Å². The number of aliphatic carboxylic acids is 1. The van der Waals surface area contributed by atoms with E-state index in [1.54, 1.807) is 7.11 Å². The maximum absolute atomic E-state index is 11.7. The third-order valence-corrected chi connectivity index (χ3v) is 4.25. The van der Waals surface area contributed by atoms with Gasteiger partial charge in [-0.25, -0.2) is 0 Å². The quantitative estimate of drug-likeness (QED) is 0.925. The molecule has 0 unspecified atom stereocenters. The number of benzene rings is 1. The monoisotopic (exact) mass is 312 g/mol. The van der Waals surface area contributed by atoms with Crippen molar-refractivity contribution in [1.82, 2.24) is 0 Å². The highest BCUT2D eigenvalue weighted by molar-refractivity contribution is 9.10. The molecule has 0 amide bonds. The minimum absolute atomic E-state index is 0.456. The van der Waals surface area contributed by atoms with Crippen LogP contribution < -0.4 is 0 Å². The van der Waals surface area contributed by atoms with Crippen LogP contribution in [0.25, 0.3) is 0 Å². The van der Waals surface area contributed by atoms with E-state index < -0.39 is 11.4 Å². The van der Waals surface area contributed by atoms with Gasteiger partial charge < -0.3 is 9.84 Å². The van der Waals surface area contributed by atoms with E-state index in [4.69, 9.17) is 4.74 Å². The first kappa shape index (κ1) is 13.6. The Morgan fingerprint density at radius 2 is 2.11 bits per heavy atom. The van der Waals surface area contributed by atoms with Crippen LogP contribution in [0.2, 0.25) is 0 Å². The molecule has 1 aliphatic rings. The molecule has 2 rings (SSSR count). The summed E-state index contributed by atoms with van der Waals surface area (Å²) in [7, 11) is 1.63. The maximum atomic E-state index is 11.7. The molecule has 0 aliphatic heterocycles. The second-order valence-corrected chi connectivity index (χ2v) is 5.74. The number of hydrogen-bond acceptors (Lipinski definition) is 2. The van der Waals surface area contributed by atoms with Gasteiger partial charge in [0, 0.05) is 11.6 Å². The molecule has 1 aromatic rings. The van der Waals surface area contributed by atoms with Crippen molar-refractivity contribution in [2.45, 2.75) is 37.7 Å². The predicted octanol–water partition coefficient (Wildman–Crippen LogP) is 3.49. The van der Waals surface area contributed by atoms with Crippen molar-refractivity contribution in [3.8, 4) is 0 Å². The topological polar surface area (TPSA) is 46.5 Å². The molecule has 0 aromatic heterocycles. The van der Waals surface area contributed by atoms with Crippen LogP contribution in [0.1, 0.15) is 36.8 Å². The van der Waals surface area contributed by atoms with Crippen LogP contribution >= 0.6 is 15.9 Å². The van der Waals surface area contributed by atoms with Crippen LogP contribution in [0, 0.1) is 0 Å². The molecule has 4 heteroatoms. The van der Waals surface area contributed by atoms with E-state index in [-0.39, 0.29) is 0 Å². The SMILES string of the molecule is COCc1ccc(Br)cc1C1(C(=O)O)CCCC1. The number of carbonyl (C=O) groups is 1. The predicted molar refractivity (Wildman–Crippen MR) is 72.6 cm³/mol. The second-order valence-electron chi connectivity index (χ2n) is 4.83. The van der Waals surface area contributed by atoms with Gasteiger partial charge in [-0.3, -0.25) is 4.79 Å². The molecule has 0 spiro atoms. The van der Waals surface area contributed by atoms with Gasteiger partial charge in [-0.05, 0) is 36.1 Å². The molecule has 1 saturated carbocycles. The Morgan fingerprint density at radius 3 is 2.67 bits per heavy atom. The van der Waals surface area contributed by atoms with Gasteiger partial charge in [0.25, 0.3) is 0 Å². The lowest BCUT2D eigenvalue weighted by atomic mass is 9.77. The highest BCUT2D eigenvalue weighted by atomic mass is 79.9.